The third kappa shape index (κ3) is 3.83. The molecule has 0 saturated heterocycles. The van der Waals surface area contributed by atoms with E-state index in [1.54, 1.807) is 17.7 Å². The van der Waals surface area contributed by atoms with Crippen molar-refractivity contribution in [3.63, 3.8) is 0 Å². The Bertz CT molecular complexity index is 479. The Labute approximate surface area is 114 Å². The Morgan fingerprint density at radius 1 is 1.47 bits per heavy atom. The maximum Gasteiger partial charge on any atom is 0.250 e. The molecule has 0 radical (unpaired) electrons. The van der Waals surface area contributed by atoms with E-state index < -0.39 is 0 Å². The molecule has 0 aromatic carbocycles. The van der Waals surface area contributed by atoms with E-state index in [1.165, 1.54) is 19.3 Å². The van der Waals surface area contributed by atoms with Gasteiger partial charge in [0.15, 0.2) is 0 Å². The molecule has 106 valence electrons. The Hall–Kier alpha value is -1.29. The van der Waals surface area contributed by atoms with Crippen molar-refractivity contribution >= 4 is 5.69 Å². The highest BCUT2D eigenvalue weighted by Gasteiger charge is 2.30. The molecular formula is C15H24N2O2. The SMILES string of the molecule is COCCn1cc(NC2CCC(C)(C)C2)ccc1=O. The van der Waals surface area contributed by atoms with Crippen molar-refractivity contribution < 1.29 is 4.74 Å². The molecule has 0 bridgehead atoms. The summed E-state index contributed by atoms with van der Waals surface area (Å²) >= 11 is 0. The van der Waals surface area contributed by atoms with Crippen LogP contribution in [-0.4, -0.2) is 24.3 Å². The van der Waals surface area contributed by atoms with Crippen molar-refractivity contribution in [1.82, 2.24) is 4.57 Å². The second-order valence-electron chi connectivity index (χ2n) is 6.19. The number of methoxy groups -OCH3 is 1. The van der Waals surface area contributed by atoms with Crippen LogP contribution in [0.25, 0.3) is 0 Å². The minimum atomic E-state index is 0.0225. The number of rotatable bonds is 5. The largest absolute Gasteiger partial charge is 0.383 e. The Balaban J connectivity index is 2.03. The zero-order chi connectivity index (χ0) is 13.9. The lowest BCUT2D eigenvalue weighted by molar-refractivity contribution is 0.186. The number of nitrogens with zero attached hydrogens (tertiary/aromatic N) is 1. The van der Waals surface area contributed by atoms with Gasteiger partial charge in [0, 0.05) is 32.0 Å². The molecule has 1 N–H and O–H groups in total. The van der Waals surface area contributed by atoms with Gasteiger partial charge in [-0.25, -0.2) is 0 Å². The molecule has 0 aliphatic heterocycles. The van der Waals surface area contributed by atoms with Gasteiger partial charge in [-0.15, -0.1) is 0 Å². The van der Waals surface area contributed by atoms with Crippen molar-refractivity contribution in [2.24, 2.45) is 5.41 Å². The molecule has 4 nitrogen and oxygen atoms in total. The second kappa shape index (κ2) is 5.78. The molecule has 1 aromatic rings. The highest BCUT2D eigenvalue weighted by atomic mass is 16.5. The second-order valence-corrected chi connectivity index (χ2v) is 6.19. The maximum atomic E-state index is 11.7. The number of ether oxygens (including phenoxy) is 1. The van der Waals surface area contributed by atoms with Gasteiger partial charge in [-0.3, -0.25) is 4.79 Å². The third-order valence-electron chi connectivity index (χ3n) is 3.86. The summed E-state index contributed by atoms with van der Waals surface area (Å²) in [6, 6.07) is 4.01. The molecule has 2 rings (SSSR count). The maximum absolute atomic E-state index is 11.7. The number of hydrogen-bond acceptors (Lipinski definition) is 3. The molecule has 1 unspecified atom stereocenters. The van der Waals surface area contributed by atoms with Crippen molar-refractivity contribution in [3.05, 3.63) is 28.7 Å². The van der Waals surface area contributed by atoms with Gasteiger partial charge in [0.05, 0.1) is 12.3 Å². The summed E-state index contributed by atoms with van der Waals surface area (Å²) in [5, 5.41) is 3.54. The first kappa shape index (κ1) is 14.1. The standard InChI is InChI=1S/C15H24N2O2/c1-15(2)7-6-12(10-15)16-13-4-5-14(18)17(11-13)8-9-19-3/h4-5,11-12,16H,6-10H2,1-3H3. The molecule has 1 aliphatic carbocycles. The fourth-order valence-corrected chi connectivity index (χ4v) is 2.78. The Morgan fingerprint density at radius 2 is 2.26 bits per heavy atom. The molecule has 0 spiro atoms. The number of anilines is 1. The quantitative estimate of drug-likeness (QED) is 0.888. The van der Waals surface area contributed by atoms with Gasteiger partial charge in [0.1, 0.15) is 0 Å². The van der Waals surface area contributed by atoms with Gasteiger partial charge < -0.3 is 14.6 Å². The van der Waals surface area contributed by atoms with E-state index in [0.717, 1.165) is 5.69 Å². The predicted molar refractivity (Wildman–Crippen MR) is 77.6 cm³/mol. The van der Waals surface area contributed by atoms with E-state index in [9.17, 15) is 4.79 Å². The number of nitrogens with one attached hydrogen (secondary N) is 1. The number of pyridine rings is 1. The summed E-state index contributed by atoms with van der Waals surface area (Å²) in [6.07, 6.45) is 5.54. The van der Waals surface area contributed by atoms with E-state index >= 15 is 0 Å². The first-order valence-electron chi connectivity index (χ1n) is 6.96. The average Bonchev–Trinajstić information content (AvgIpc) is 2.69. The molecule has 4 heteroatoms. The van der Waals surface area contributed by atoms with E-state index in [-0.39, 0.29) is 5.56 Å². The molecule has 0 amide bonds. The monoisotopic (exact) mass is 264 g/mol. The first-order valence-corrected chi connectivity index (χ1v) is 6.96. The van der Waals surface area contributed by atoms with Crippen LogP contribution in [-0.2, 0) is 11.3 Å². The summed E-state index contributed by atoms with van der Waals surface area (Å²) < 4.78 is 6.72. The Kier molecular flexibility index (Phi) is 4.30. The predicted octanol–water partition coefficient (Wildman–Crippen LogP) is 2.49. The lowest BCUT2D eigenvalue weighted by atomic mass is 9.92. The van der Waals surface area contributed by atoms with Crippen molar-refractivity contribution in [2.75, 3.05) is 19.0 Å². The lowest BCUT2D eigenvalue weighted by Gasteiger charge is -2.19. The number of aromatic nitrogens is 1. The van der Waals surface area contributed by atoms with Crippen LogP contribution in [0.1, 0.15) is 33.1 Å². The zero-order valence-corrected chi connectivity index (χ0v) is 12.1. The van der Waals surface area contributed by atoms with Gasteiger partial charge in [-0.2, -0.15) is 0 Å². The summed E-state index contributed by atoms with van der Waals surface area (Å²) in [5.41, 5.74) is 1.48. The van der Waals surface area contributed by atoms with Gasteiger partial charge in [-0.05, 0) is 30.7 Å². The average molecular weight is 264 g/mol. The normalized spacial score (nSPS) is 21.5. The third-order valence-corrected chi connectivity index (χ3v) is 3.86. The zero-order valence-electron chi connectivity index (χ0n) is 12.1. The summed E-state index contributed by atoms with van der Waals surface area (Å²) in [5.74, 6) is 0. The summed E-state index contributed by atoms with van der Waals surface area (Å²) in [7, 11) is 1.65. The van der Waals surface area contributed by atoms with E-state index in [0.29, 0.717) is 24.6 Å². The van der Waals surface area contributed by atoms with Crippen LogP contribution in [0, 0.1) is 5.41 Å². The van der Waals surface area contributed by atoms with Crippen LogP contribution in [0.4, 0.5) is 5.69 Å². The Morgan fingerprint density at radius 3 is 2.89 bits per heavy atom. The smallest absolute Gasteiger partial charge is 0.250 e. The molecule has 1 fully saturated rings. The summed E-state index contributed by atoms with van der Waals surface area (Å²) in [6.45, 7) is 5.78. The van der Waals surface area contributed by atoms with Crippen LogP contribution in [0.2, 0.25) is 0 Å². The minimum absolute atomic E-state index is 0.0225. The van der Waals surface area contributed by atoms with Crippen LogP contribution in [0.5, 0.6) is 0 Å². The fourth-order valence-electron chi connectivity index (χ4n) is 2.78. The van der Waals surface area contributed by atoms with Crippen LogP contribution >= 0.6 is 0 Å². The molecule has 1 aliphatic rings. The van der Waals surface area contributed by atoms with Crippen LogP contribution < -0.4 is 10.9 Å². The molecule has 19 heavy (non-hydrogen) atoms. The minimum Gasteiger partial charge on any atom is -0.383 e. The summed E-state index contributed by atoms with van der Waals surface area (Å²) in [4.78, 5) is 11.7. The van der Waals surface area contributed by atoms with Gasteiger partial charge >= 0.3 is 0 Å². The van der Waals surface area contributed by atoms with E-state index in [4.69, 9.17) is 4.74 Å². The fraction of sp³-hybridized carbons (Fsp3) is 0.667. The number of hydrogen-bond donors (Lipinski definition) is 1. The van der Waals surface area contributed by atoms with Crippen molar-refractivity contribution in [3.8, 4) is 0 Å². The van der Waals surface area contributed by atoms with Crippen LogP contribution in [0.15, 0.2) is 23.1 Å². The highest BCUT2D eigenvalue weighted by Crippen LogP contribution is 2.38. The van der Waals surface area contributed by atoms with Crippen LogP contribution in [0.3, 0.4) is 0 Å². The van der Waals surface area contributed by atoms with Gasteiger partial charge in [-0.1, -0.05) is 13.8 Å². The highest BCUT2D eigenvalue weighted by molar-refractivity contribution is 5.41. The molecule has 1 atom stereocenters. The van der Waals surface area contributed by atoms with E-state index in [1.807, 2.05) is 12.3 Å². The molecule has 1 saturated carbocycles. The van der Waals surface area contributed by atoms with Crippen molar-refractivity contribution in [1.29, 1.82) is 0 Å². The van der Waals surface area contributed by atoms with Gasteiger partial charge in [0.2, 0.25) is 0 Å². The molecule has 1 aromatic heterocycles. The van der Waals surface area contributed by atoms with Crippen molar-refractivity contribution in [2.45, 2.75) is 45.7 Å². The first-order chi connectivity index (χ1) is 9.00. The topological polar surface area (TPSA) is 43.3 Å². The van der Waals surface area contributed by atoms with Gasteiger partial charge in [0.25, 0.3) is 5.56 Å². The molecule has 1 heterocycles. The van der Waals surface area contributed by atoms with E-state index in [2.05, 4.69) is 19.2 Å². The molecular weight excluding hydrogens is 240 g/mol. The lowest BCUT2D eigenvalue weighted by Crippen LogP contribution is -2.23.